The van der Waals surface area contributed by atoms with Crippen molar-refractivity contribution >= 4 is 43.3 Å². The molecule has 1 aromatic heterocycles. The van der Waals surface area contributed by atoms with Gasteiger partial charge in [-0.05, 0) is 54.6 Å². The number of nitrogens with one attached hydrogen (secondary N) is 3. The van der Waals surface area contributed by atoms with Crippen LogP contribution in [0, 0.1) is 0 Å². The van der Waals surface area contributed by atoms with Crippen LogP contribution in [0.15, 0.2) is 107 Å². The molecular formula is C23H19N5O5S2. The zero-order valence-electron chi connectivity index (χ0n) is 18.0. The van der Waals surface area contributed by atoms with Gasteiger partial charge in [0.25, 0.3) is 26.0 Å². The number of nitrogens with zero attached hydrogens (tertiary/aromatic N) is 2. The molecule has 0 fully saturated rings. The summed E-state index contributed by atoms with van der Waals surface area (Å²) in [5.41, 5.74) is 0.498. The minimum Gasteiger partial charge on any atom is -0.322 e. The van der Waals surface area contributed by atoms with E-state index in [1.165, 1.54) is 60.9 Å². The van der Waals surface area contributed by atoms with E-state index in [1.807, 2.05) is 0 Å². The number of amides is 1. The van der Waals surface area contributed by atoms with Gasteiger partial charge in [-0.2, -0.15) is 0 Å². The van der Waals surface area contributed by atoms with Crippen LogP contribution in [0.5, 0.6) is 0 Å². The van der Waals surface area contributed by atoms with E-state index in [9.17, 15) is 21.6 Å². The maximum absolute atomic E-state index is 12.9. The van der Waals surface area contributed by atoms with Crippen LogP contribution >= 0.6 is 0 Å². The van der Waals surface area contributed by atoms with Gasteiger partial charge in [0.1, 0.15) is 0 Å². The van der Waals surface area contributed by atoms with Crippen LogP contribution in [0.25, 0.3) is 0 Å². The topological polar surface area (TPSA) is 147 Å². The van der Waals surface area contributed by atoms with Gasteiger partial charge in [-0.25, -0.2) is 31.5 Å². The minimum absolute atomic E-state index is 0.0565. The highest BCUT2D eigenvalue weighted by Crippen LogP contribution is 2.22. The maximum Gasteiger partial charge on any atom is 0.264 e. The van der Waals surface area contributed by atoms with Crippen LogP contribution in [-0.2, 0) is 20.0 Å². The summed E-state index contributed by atoms with van der Waals surface area (Å²) in [4.78, 5) is 20.5. The summed E-state index contributed by atoms with van der Waals surface area (Å²) in [5.74, 6) is -0.651. The number of anilines is 3. The zero-order chi connectivity index (χ0) is 24.9. The standard InChI is InChI=1S/C23H19N5O5S2/c29-22(20-9-4-5-10-21(20)27-34(30,31)18-7-2-1-3-8-18)26-17-11-13-19(14-12-17)35(32,33)28-23-24-15-6-16-25-23/h1-16,27H,(H,26,29)(H,24,25,28). The molecule has 35 heavy (non-hydrogen) atoms. The molecule has 4 rings (SSSR count). The Balaban J connectivity index is 1.50. The Labute approximate surface area is 202 Å². The third-order valence-corrected chi connectivity index (χ3v) is 7.41. The molecule has 10 nitrogen and oxygen atoms in total. The van der Waals surface area contributed by atoms with E-state index in [0.717, 1.165) is 0 Å². The summed E-state index contributed by atoms with van der Waals surface area (Å²) < 4.78 is 55.1. The van der Waals surface area contributed by atoms with Gasteiger partial charge in [-0.15, -0.1) is 0 Å². The highest BCUT2D eigenvalue weighted by molar-refractivity contribution is 7.93. The van der Waals surface area contributed by atoms with E-state index in [1.54, 1.807) is 36.4 Å². The quantitative estimate of drug-likeness (QED) is 0.330. The first-order valence-corrected chi connectivity index (χ1v) is 13.1. The smallest absolute Gasteiger partial charge is 0.264 e. The van der Waals surface area contributed by atoms with E-state index in [-0.39, 0.29) is 27.0 Å². The molecule has 12 heteroatoms. The van der Waals surface area contributed by atoms with Crippen molar-refractivity contribution in [2.45, 2.75) is 9.79 Å². The van der Waals surface area contributed by atoms with Gasteiger partial charge in [-0.1, -0.05) is 30.3 Å². The second-order valence-electron chi connectivity index (χ2n) is 7.12. The summed E-state index contributed by atoms with van der Waals surface area (Å²) in [6, 6.07) is 20.9. The molecule has 0 spiro atoms. The van der Waals surface area contributed by atoms with Crippen LogP contribution in [-0.4, -0.2) is 32.7 Å². The fourth-order valence-corrected chi connectivity index (χ4v) is 5.08. The third-order valence-electron chi connectivity index (χ3n) is 4.68. The van der Waals surface area contributed by atoms with Crippen molar-refractivity contribution in [3.05, 3.63) is 103 Å². The Kier molecular flexibility index (Phi) is 6.75. The van der Waals surface area contributed by atoms with Crippen LogP contribution in [0.3, 0.4) is 0 Å². The number of benzene rings is 3. The average molecular weight is 510 g/mol. The van der Waals surface area contributed by atoms with Gasteiger partial charge in [0, 0.05) is 18.1 Å². The lowest BCUT2D eigenvalue weighted by Gasteiger charge is -2.13. The summed E-state index contributed by atoms with van der Waals surface area (Å²) in [6.45, 7) is 0. The Morgan fingerprint density at radius 3 is 1.89 bits per heavy atom. The lowest BCUT2D eigenvalue weighted by atomic mass is 10.1. The first kappa shape index (κ1) is 23.9. The Morgan fingerprint density at radius 1 is 0.629 bits per heavy atom. The van der Waals surface area contributed by atoms with E-state index >= 15 is 0 Å². The van der Waals surface area contributed by atoms with Crippen molar-refractivity contribution in [1.29, 1.82) is 0 Å². The zero-order valence-corrected chi connectivity index (χ0v) is 19.6. The normalized spacial score (nSPS) is 11.4. The number of sulfonamides is 2. The van der Waals surface area contributed by atoms with Gasteiger partial charge in [0.05, 0.1) is 21.0 Å². The number of aromatic nitrogens is 2. The minimum atomic E-state index is -3.93. The highest BCUT2D eigenvalue weighted by atomic mass is 32.2. The predicted molar refractivity (Wildman–Crippen MR) is 131 cm³/mol. The molecule has 3 aromatic carbocycles. The van der Waals surface area contributed by atoms with Gasteiger partial charge in [0.15, 0.2) is 0 Å². The molecule has 0 atom stereocenters. The number of rotatable bonds is 8. The second kappa shape index (κ2) is 9.91. The fourth-order valence-electron chi connectivity index (χ4n) is 3.02. The summed E-state index contributed by atoms with van der Waals surface area (Å²) in [7, 11) is -7.83. The van der Waals surface area contributed by atoms with Crippen molar-refractivity contribution in [2.75, 3.05) is 14.8 Å². The molecule has 0 bridgehead atoms. The number of hydrogen-bond acceptors (Lipinski definition) is 7. The van der Waals surface area contributed by atoms with E-state index in [4.69, 9.17) is 0 Å². The third kappa shape index (κ3) is 5.80. The number of carbonyl (C=O) groups excluding carboxylic acids is 1. The van der Waals surface area contributed by atoms with E-state index in [2.05, 4.69) is 24.7 Å². The monoisotopic (exact) mass is 509 g/mol. The van der Waals surface area contributed by atoms with Gasteiger partial charge >= 0.3 is 0 Å². The summed E-state index contributed by atoms with van der Waals surface area (Å²) in [5, 5.41) is 2.64. The molecule has 0 unspecified atom stereocenters. The van der Waals surface area contributed by atoms with Gasteiger partial charge in [0.2, 0.25) is 5.95 Å². The van der Waals surface area contributed by atoms with Crippen LogP contribution in [0.2, 0.25) is 0 Å². The predicted octanol–water partition coefficient (Wildman–Crippen LogP) is 3.33. The van der Waals surface area contributed by atoms with Crippen molar-refractivity contribution in [3.8, 4) is 0 Å². The van der Waals surface area contributed by atoms with Crippen molar-refractivity contribution in [3.63, 3.8) is 0 Å². The maximum atomic E-state index is 12.9. The SMILES string of the molecule is O=C(Nc1ccc(S(=O)(=O)Nc2ncccn2)cc1)c1ccccc1NS(=O)(=O)c1ccccc1. The van der Waals surface area contributed by atoms with E-state index < -0.39 is 26.0 Å². The fraction of sp³-hybridized carbons (Fsp3) is 0. The molecule has 4 aromatic rings. The molecule has 3 N–H and O–H groups in total. The largest absolute Gasteiger partial charge is 0.322 e. The number of para-hydroxylation sites is 1. The molecule has 1 amide bonds. The second-order valence-corrected chi connectivity index (χ2v) is 10.5. The molecule has 1 heterocycles. The Bertz CT molecular complexity index is 1550. The molecule has 0 aliphatic heterocycles. The highest BCUT2D eigenvalue weighted by Gasteiger charge is 2.19. The van der Waals surface area contributed by atoms with Crippen LogP contribution < -0.4 is 14.8 Å². The lowest BCUT2D eigenvalue weighted by molar-refractivity contribution is 0.102. The van der Waals surface area contributed by atoms with Crippen LogP contribution in [0.4, 0.5) is 17.3 Å². The first-order chi connectivity index (χ1) is 16.7. The van der Waals surface area contributed by atoms with Crippen molar-refractivity contribution in [1.82, 2.24) is 9.97 Å². The van der Waals surface area contributed by atoms with Crippen LogP contribution in [0.1, 0.15) is 10.4 Å². The molecule has 178 valence electrons. The first-order valence-electron chi connectivity index (χ1n) is 10.1. The average Bonchev–Trinajstić information content (AvgIpc) is 2.85. The summed E-state index contributed by atoms with van der Waals surface area (Å²) in [6.07, 6.45) is 2.81. The van der Waals surface area contributed by atoms with Gasteiger partial charge in [-0.3, -0.25) is 9.52 Å². The molecule has 0 aliphatic rings. The number of hydrogen-bond donors (Lipinski definition) is 3. The Hall–Kier alpha value is -4.29. The van der Waals surface area contributed by atoms with E-state index in [0.29, 0.717) is 5.69 Å². The summed E-state index contributed by atoms with van der Waals surface area (Å²) >= 11 is 0. The Morgan fingerprint density at radius 2 is 1.20 bits per heavy atom. The molecule has 0 saturated heterocycles. The van der Waals surface area contributed by atoms with Crippen molar-refractivity contribution < 1.29 is 21.6 Å². The molecular weight excluding hydrogens is 490 g/mol. The molecule has 0 saturated carbocycles. The lowest BCUT2D eigenvalue weighted by Crippen LogP contribution is -2.18. The molecule has 0 radical (unpaired) electrons. The van der Waals surface area contributed by atoms with Crippen molar-refractivity contribution in [2.24, 2.45) is 0 Å². The van der Waals surface area contributed by atoms with Gasteiger partial charge < -0.3 is 5.32 Å². The molecule has 0 aliphatic carbocycles. The number of carbonyl (C=O) groups is 1.